The van der Waals surface area contributed by atoms with Crippen LogP contribution in [0.4, 0.5) is 4.39 Å². The minimum atomic E-state index is -0.828. The molecule has 26 heavy (non-hydrogen) atoms. The van der Waals surface area contributed by atoms with Gasteiger partial charge in [-0.1, -0.05) is 30.3 Å². The highest BCUT2D eigenvalue weighted by atomic mass is 19.1. The van der Waals surface area contributed by atoms with Crippen LogP contribution in [0.15, 0.2) is 58.1 Å². The van der Waals surface area contributed by atoms with Crippen molar-refractivity contribution in [1.29, 1.82) is 0 Å². The quantitative estimate of drug-likeness (QED) is 0.653. The Morgan fingerprint density at radius 2 is 1.92 bits per heavy atom. The van der Waals surface area contributed by atoms with E-state index in [1.165, 1.54) is 18.2 Å². The van der Waals surface area contributed by atoms with E-state index in [9.17, 15) is 19.1 Å². The van der Waals surface area contributed by atoms with E-state index < -0.39 is 29.0 Å². The predicted octanol–water partition coefficient (Wildman–Crippen LogP) is 1.61. The molecule has 1 aromatic heterocycles. The summed E-state index contributed by atoms with van der Waals surface area (Å²) in [4.78, 5) is 27.0. The molecule has 0 saturated carbocycles. The van der Waals surface area contributed by atoms with Crippen molar-refractivity contribution in [1.82, 2.24) is 14.9 Å². The maximum Gasteiger partial charge on any atom is 0.335 e. The normalized spacial score (nSPS) is 16.3. The summed E-state index contributed by atoms with van der Waals surface area (Å²) >= 11 is 0. The van der Waals surface area contributed by atoms with E-state index in [-0.39, 0.29) is 11.3 Å². The van der Waals surface area contributed by atoms with E-state index in [1.54, 1.807) is 0 Å². The minimum absolute atomic E-state index is 0.0287. The molecule has 0 radical (unpaired) electrons. The first kappa shape index (κ1) is 16.3. The summed E-state index contributed by atoms with van der Waals surface area (Å²) in [5, 5.41) is 14.0. The van der Waals surface area contributed by atoms with Crippen LogP contribution < -0.4 is 16.6 Å². The Bertz CT molecular complexity index is 1100. The lowest BCUT2D eigenvalue weighted by molar-refractivity contribution is 0.410. The third-order valence-corrected chi connectivity index (χ3v) is 4.58. The first-order valence-electron chi connectivity index (χ1n) is 8.21. The van der Waals surface area contributed by atoms with Crippen molar-refractivity contribution in [2.45, 2.75) is 12.5 Å². The Balaban J connectivity index is 1.96. The topological polar surface area (TPSA) is 87.1 Å². The first-order valence-corrected chi connectivity index (χ1v) is 8.21. The van der Waals surface area contributed by atoms with Gasteiger partial charge in [-0.15, -0.1) is 0 Å². The van der Waals surface area contributed by atoms with Gasteiger partial charge in [0.25, 0.3) is 5.56 Å². The van der Waals surface area contributed by atoms with Gasteiger partial charge in [-0.25, -0.2) is 13.8 Å². The number of hydrogen-bond donors (Lipinski definition) is 3. The predicted molar refractivity (Wildman–Crippen MR) is 94.3 cm³/mol. The Hall–Kier alpha value is -3.19. The summed E-state index contributed by atoms with van der Waals surface area (Å²) in [6, 6.07) is 12.3. The molecule has 3 aromatic rings. The lowest BCUT2D eigenvalue weighted by Gasteiger charge is -2.27. The third-order valence-electron chi connectivity index (χ3n) is 4.58. The van der Waals surface area contributed by atoms with Gasteiger partial charge in [0, 0.05) is 6.54 Å². The molecule has 1 aliphatic heterocycles. The number of fused-ring (bicyclic) bond motifs is 1. The Morgan fingerprint density at radius 1 is 1.12 bits per heavy atom. The van der Waals surface area contributed by atoms with Gasteiger partial charge in [-0.2, -0.15) is 0 Å². The summed E-state index contributed by atoms with van der Waals surface area (Å²) in [6.45, 7) is 0.625. The van der Waals surface area contributed by atoms with Crippen molar-refractivity contribution in [3.63, 3.8) is 0 Å². The van der Waals surface area contributed by atoms with Gasteiger partial charge in [-0.3, -0.25) is 9.78 Å². The van der Waals surface area contributed by atoms with E-state index in [2.05, 4.69) is 10.3 Å². The van der Waals surface area contributed by atoms with E-state index in [1.807, 2.05) is 24.3 Å². The molecular formula is C19H16FN3O3. The van der Waals surface area contributed by atoms with Crippen molar-refractivity contribution < 1.29 is 9.50 Å². The summed E-state index contributed by atoms with van der Waals surface area (Å²) in [6.07, 6.45) is 0.800. The average molecular weight is 353 g/mol. The molecule has 0 fully saturated rings. The largest absolute Gasteiger partial charge is 0.494 e. The maximum absolute atomic E-state index is 13.6. The van der Waals surface area contributed by atoms with Gasteiger partial charge in [0.05, 0.1) is 17.3 Å². The molecule has 6 nitrogen and oxygen atoms in total. The Morgan fingerprint density at radius 3 is 2.73 bits per heavy atom. The van der Waals surface area contributed by atoms with Crippen LogP contribution in [0.3, 0.4) is 0 Å². The molecule has 1 atom stereocenters. The summed E-state index contributed by atoms with van der Waals surface area (Å²) in [5.41, 5.74) is 0.595. The lowest BCUT2D eigenvalue weighted by Crippen LogP contribution is -2.38. The molecule has 0 spiro atoms. The number of benzene rings is 2. The highest BCUT2D eigenvalue weighted by Crippen LogP contribution is 2.31. The molecule has 0 aliphatic carbocycles. The van der Waals surface area contributed by atoms with Gasteiger partial charge in [0.2, 0.25) is 5.88 Å². The van der Waals surface area contributed by atoms with Crippen LogP contribution in [0.5, 0.6) is 5.88 Å². The highest BCUT2D eigenvalue weighted by molar-refractivity contribution is 5.45. The molecule has 2 heterocycles. The lowest BCUT2D eigenvalue weighted by atomic mass is 9.90. The number of rotatable bonds is 2. The summed E-state index contributed by atoms with van der Waals surface area (Å²) < 4.78 is 14.5. The molecule has 7 heteroatoms. The van der Waals surface area contributed by atoms with Crippen LogP contribution in [0.25, 0.3) is 5.69 Å². The molecule has 0 bridgehead atoms. The molecule has 132 valence electrons. The second-order valence-corrected chi connectivity index (χ2v) is 6.15. The van der Waals surface area contributed by atoms with E-state index in [0.29, 0.717) is 6.54 Å². The SMILES string of the molecule is O=c1[nH]c(=O)n(-c2cccc(F)c2)c(O)c1[C@H]1NCCc2ccccc21. The Labute approximate surface area is 147 Å². The zero-order chi connectivity index (χ0) is 18.3. The second-order valence-electron chi connectivity index (χ2n) is 6.15. The molecule has 1 aliphatic rings. The molecule has 2 aromatic carbocycles. The standard InChI is InChI=1S/C19H16FN3O3/c20-12-5-3-6-13(10-12)23-18(25)15(17(24)22-19(23)26)16-14-7-2-1-4-11(14)8-9-21-16/h1-7,10,16,21,25H,8-9H2,(H,22,24,26)/t16-/m0/s1. The number of hydrogen-bond acceptors (Lipinski definition) is 4. The fourth-order valence-electron chi connectivity index (χ4n) is 3.42. The van der Waals surface area contributed by atoms with Crippen LogP contribution in [0, 0.1) is 5.82 Å². The first-order chi connectivity index (χ1) is 12.6. The van der Waals surface area contributed by atoms with Crippen molar-refractivity contribution in [3.05, 3.63) is 91.9 Å². The van der Waals surface area contributed by atoms with E-state index in [0.717, 1.165) is 28.2 Å². The number of H-pyrrole nitrogens is 1. The molecule has 0 saturated heterocycles. The summed E-state index contributed by atoms with van der Waals surface area (Å²) in [5.74, 6) is -1.05. The summed E-state index contributed by atoms with van der Waals surface area (Å²) in [7, 11) is 0. The monoisotopic (exact) mass is 353 g/mol. The third kappa shape index (κ3) is 2.62. The fourth-order valence-corrected chi connectivity index (χ4v) is 3.42. The van der Waals surface area contributed by atoms with Gasteiger partial charge in [0.15, 0.2) is 0 Å². The second kappa shape index (κ2) is 6.27. The molecule has 0 unspecified atom stereocenters. The zero-order valence-electron chi connectivity index (χ0n) is 13.7. The molecule has 0 amide bonds. The maximum atomic E-state index is 13.6. The minimum Gasteiger partial charge on any atom is -0.494 e. The van der Waals surface area contributed by atoms with Gasteiger partial charge >= 0.3 is 5.69 Å². The number of aromatic nitrogens is 2. The Kier molecular flexibility index (Phi) is 3.93. The fraction of sp³-hybridized carbons (Fsp3) is 0.158. The zero-order valence-corrected chi connectivity index (χ0v) is 13.7. The van der Waals surface area contributed by atoms with Crippen molar-refractivity contribution in [2.75, 3.05) is 6.54 Å². The van der Waals surface area contributed by atoms with Crippen molar-refractivity contribution in [3.8, 4) is 11.6 Å². The smallest absolute Gasteiger partial charge is 0.335 e. The van der Waals surface area contributed by atoms with Gasteiger partial charge in [0.1, 0.15) is 5.82 Å². The van der Waals surface area contributed by atoms with E-state index >= 15 is 0 Å². The molecule has 4 rings (SSSR count). The number of halogens is 1. The van der Waals surface area contributed by atoms with E-state index in [4.69, 9.17) is 0 Å². The van der Waals surface area contributed by atoms with Crippen LogP contribution in [0.1, 0.15) is 22.7 Å². The van der Waals surface area contributed by atoms with Gasteiger partial charge in [-0.05, 0) is 35.7 Å². The highest BCUT2D eigenvalue weighted by Gasteiger charge is 2.28. The number of aromatic amines is 1. The van der Waals surface area contributed by atoms with Crippen LogP contribution in [0.2, 0.25) is 0 Å². The molecular weight excluding hydrogens is 337 g/mol. The van der Waals surface area contributed by atoms with Crippen LogP contribution in [-0.4, -0.2) is 21.2 Å². The number of nitrogens with one attached hydrogen (secondary N) is 2. The van der Waals surface area contributed by atoms with Crippen molar-refractivity contribution in [2.24, 2.45) is 0 Å². The average Bonchev–Trinajstić information content (AvgIpc) is 2.61. The van der Waals surface area contributed by atoms with Crippen LogP contribution >= 0.6 is 0 Å². The number of nitrogens with zero attached hydrogens (tertiary/aromatic N) is 1. The van der Waals surface area contributed by atoms with Crippen LogP contribution in [-0.2, 0) is 6.42 Å². The number of aromatic hydroxyl groups is 1. The van der Waals surface area contributed by atoms with Gasteiger partial charge < -0.3 is 10.4 Å². The van der Waals surface area contributed by atoms with Crippen molar-refractivity contribution >= 4 is 0 Å². The molecule has 3 N–H and O–H groups in total.